The van der Waals surface area contributed by atoms with Crippen LogP contribution in [0.15, 0.2) is 42.6 Å². The number of halogens is 2. The lowest BCUT2D eigenvalue weighted by atomic mass is 10.2. The van der Waals surface area contributed by atoms with Crippen LogP contribution in [0.25, 0.3) is 0 Å². The zero-order chi connectivity index (χ0) is 16.8. The molecule has 2 aromatic rings. The largest absolute Gasteiger partial charge is 0.481 e. The van der Waals surface area contributed by atoms with Crippen LogP contribution in [-0.4, -0.2) is 35.5 Å². The summed E-state index contributed by atoms with van der Waals surface area (Å²) in [5, 5.41) is 0.936. The number of pyridine rings is 1. The van der Waals surface area contributed by atoms with Gasteiger partial charge in [0.05, 0.1) is 0 Å². The number of carbonyl (C=O) groups is 1. The van der Waals surface area contributed by atoms with Gasteiger partial charge in [-0.25, -0.2) is 0 Å². The highest BCUT2D eigenvalue weighted by molar-refractivity contribution is 6.34. The van der Waals surface area contributed by atoms with Crippen molar-refractivity contribution in [3.63, 3.8) is 0 Å². The molecule has 2 rings (SSSR count). The summed E-state index contributed by atoms with van der Waals surface area (Å²) in [6.07, 6.45) is 1.81. The maximum atomic E-state index is 12.4. The first kappa shape index (κ1) is 17.6. The fourth-order valence-electron chi connectivity index (χ4n) is 2.10. The van der Waals surface area contributed by atoms with E-state index < -0.39 is 6.10 Å². The highest BCUT2D eigenvalue weighted by atomic mass is 35.5. The van der Waals surface area contributed by atoms with Gasteiger partial charge >= 0.3 is 0 Å². The normalized spacial score (nSPS) is 11.8. The molecule has 0 saturated heterocycles. The molecule has 0 fully saturated rings. The summed E-state index contributed by atoms with van der Waals surface area (Å²) in [5.74, 6) is 0.360. The van der Waals surface area contributed by atoms with E-state index in [4.69, 9.17) is 27.9 Å². The Bertz CT molecular complexity index is 645. The van der Waals surface area contributed by atoms with Gasteiger partial charge in [-0.3, -0.25) is 9.78 Å². The first-order valence-electron chi connectivity index (χ1n) is 7.23. The summed E-state index contributed by atoms with van der Waals surface area (Å²) in [5.41, 5.74) is 0.947. The molecule has 0 N–H and O–H groups in total. The van der Waals surface area contributed by atoms with Gasteiger partial charge in [-0.2, -0.15) is 0 Å². The van der Waals surface area contributed by atoms with Crippen molar-refractivity contribution in [1.82, 2.24) is 9.88 Å². The van der Waals surface area contributed by atoms with Crippen LogP contribution < -0.4 is 4.74 Å². The third kappa shape index (κ3) is 5.41. The van der Waals surface area contributed by atoms with E-state index >= 15 is 0 Å². The molecule has 4 nitrogen and oxygen atoms in total. The molecule has 122 valence electrons. The van der Waals surface area contributed by atoms with Crippen molar-refractivity contribution < 1.29 is 9.53 Å². The van der Waals surface area contributed by atoms with E-state index in [2.05, 4.69) is 4.98 Å². The van der Waals surface area contributed by atoms with Crippen molar-refractivity contribution in [3.8, 4) is 5.75 Å². The molecule has 1 aromatic heterocycles. The second-order valence-corrected chi connectivity index (χ2v) is 6.07. The molecular formula is C17H18Cl2N2O2. The Balaban J connectivity index is 1.90. The molecule has 1 aromatic carbocycles. The second kappa shape index (κ2) is 8.18. The first-order chi connectivity index (χ1) is 11.0. The smallest absolute Gasteiger partial charge is 0.263 e. The highest BCUT2D eigenvalue weighted by Crippen LogP contribution is 2.25. The van der Waals surface area contributed by atoms with Gasteiger partial charge in [-0.1, -0.05) is 29.3 Å². The molecule has 0 saturated carbocycles. The van der Waals surface area contributed by atoms with Gasteiger partial charge in [-0.05, 0) is 37.3 Å². The van der Waals surface area contributed by atoms with E-state index in [0.29, 0.717) is 28.8 Å². The van der Waals surface area contributed by atoms with Gasteiger partial charge < -0.3 is 9.64 Å². The molecule has 0 bridgehead atoms. The lowest BCUT2D eigenvalue weighted by Gasteiger charge is -2.22. The van der Waals surface area contributed by atoms with Gasteiger partial charge in [0.15, 0.2) is 6.10 Å². The van der Waals surface area contributed by atoms with Crippen LogP contribution in [0.3, 0.4) is 0 Å². The number of amides is 1. The minimum absolute atomic E-state index is 0.114. The minimum Gasteiger partial charge on any atom is -0.481 e. The van der Waals surface area contributed by atoms with Crippen LogP contribution in [0.4, 0.5) is 0 Å². The van der Waals surface area contributed by atoms with Crippen LogP contribution in [0.2, 0.25) is 10.0 Å². The Kier molecular flexibility index (Phi) is 6.25. The molecule has 0 aliphatic carbocycles. The number of likely N-dealkylation sites (N-methyl/N-ethyl adjacent to an activating group) is 1. The van der Waals surface area contributed by atoms with Gasteiger partial charge in [0.2, 0.25) is 0 Å². The van der Waals surface area contributed by atoms with Crippen LogP contribution >= 0.6 is 23.2 Å². The zero-order valence-corrected chi connectivity index (χ0v) is 14.5. The monoisotopic (exact) mass is 352 g/mol. The Morgan fingerprint density at radius 3 is 2.57 bits per heavy atom. The SMILES string of the molecule is CC(Oc1cc(Cl)cc(Cl)c1)C(=O)N(C)CCc1ccccn1. The van der Waals surface area contributed by atoms with E-state index in [1.165, 1.54) is 0 Å². The quantitative estimate of drug-likeness (QED) is 0.792. The standard InChI is InChI=1S/C17H18Cl2N2O2/c1-12(23-16-10-13(18)9-14(19)11-16)17(22)21(2)8-6-15-5-3-4-7-20-15/h3-5,7,9-12H,6,8H2,1-2H3. The molecule has 0 aliphatic rings. The molecule has 1 amide bonds. The van der Waals surface area contributed by atoms with Gasteiger partial charge in [0.25, 0.3) is 5.91 Å². The second-order valence-electron chi connectivity index (χ2n) is 5.20. The molecule has 1 unspecified atom stereocenters. The van der Waals surface area contributed by atoms with Gasteiger partial charge in [0.1, 0.15) is 5.75 Å². The fraction of sp³-hybridized carbons (Fsp3) is 0.294. The Hall–Kier alpha value is -1.78. The number of carbonyl (C=O) groups excluding carboxylic acids is 1. The van der Waals surface area contributed by atoms with Crippen molar-refractivity contribution >= 4 is 29.1 Å². The fourth-order valence-corrected chi connectivity index (χ4v) is 2.61. The molecular weight excluding hydrogens is 335 g/mol. The minimum atomic E-state index is -0.627. The number of hydrogen-bond donors (Lipinski definition) is 0. The van der Waals surface area contributed by atoms with Gasteiger partial charge in [0, 0.05) is 41.9 Å². The predicted octanol–water partition coefficient (Wildman–Crippen LogP) is 3.86. The lowest BCUT2D eigenvalue weighted by Crippen LogP contribution is -2.39. The zero-order valence-electron chi connectivity index (χ0n) is 13.0. The third-order valence-electron chi connectivity index (χ3n) is 3.30. The lowest BCUT2D eigenvalue weighted by molar-refractivity contribution is -0.136. The Labute approximate surface area is 146 Å². The van der Waals surface area contributed by atoms with Crippen LogP contribution in [0, 0.1) is 0 Å². The summed E-state index contributed by atoms with van der Waals surface area (Å²) >= 11 is 11.9. The number of aromatic nitrogens is 1. The average Bonchev–Trinajstić information content (AvgIpc) is 2.51. The summed E-state index contributed by atoms with van der Waals surface area (Å²) in [6, 6.07) is 10.6. The first-order valence-corrected chi connectivity index (χ1v) is 7.99. The predicted molar refractivity (Wildman–Crippen MR) is 92.1 cm³/mol. The topological polar surface area (TPSA) is 42.4 Å². The highest BCUT2D eigenvalue weighted by Gasteiger charge is 2.19. The Morgan fingerprint density at radius 1 is 1.26 bits per heavy atom. The van der Waals surface area contributed by atoms with Crippen molar-refractivity contribution in [1.29, 1.82) is 0 Å². The summed E-state index contributed by atoms with van der Waals surface area (Å²) in [6.45, 7) is 2.27. The number of hydrogen-bond acceptors (Lipinski definition) is 3. The van der Waals surface area contributed by atoms with Crippen molar-refractivity contribution in [2.45, 2.75) is 19.4 Å². The third-order valence-corrected chi connectivity index (χ3v) is 3.74. The van der Waals surface area contributed by atoms with E-state index in [1.807, 2.05) is 18.2 Å². The van der Waals surface area contributed by atoms with E-state index in [9.17, 15) is 4.79 Å². The van der Waals surface area contributed by atoms with Crippen molar-refractivity contribution in [3.05, 3.63) is 58.3 Å². The van der Waals surface area contributed by atoms with Crippen LogP contribution in [0.1, 0.15) is 12.6 Å². The van der Waals surface area contributed by atoms with Crippen LogP contribution in [-0.2, 0) is 11.2 Å². The molecule has 23 heavy (non-hydrogen) atoms. The number of nitrogens with zero attached hydrogens (tertiary/aromatic N) is 2. The molecule has 1 atom stereocenters. The molecule has 0 spiro atoms. The Morgan fingerprint density at radius 2 is 1.96 bits per heavy atom. The number of ether oxygens (including phenoxy) is 1. The maximum Gasteiger partial charge on any atom is 0.263 e. The molecule has 0 radical (unpaired) electrons. The summed E-state index contributed by atoms with van der Waals surface area (Å²) in [4.78, 5) is 18.2. The van der Waals surface area contributed by atoms with Crippen LogP contribution in [0.5, 0.6) is 5.75 Å². The maximum absolute atomic E-state index is 12.4. The van der Waals surface area contributed by atoms with E-state index in [-0.39, 0.29) is 5.91 Å². The number of rotatable bonds is 6. The van der Waals surface area contributed by atoms with Gasteiger partial charge in [-0.15, -0.1) is 0 Å². The molecule has 6 heteroatoms. The number of benzene rings is 1. The summed E-state index contributed by atoms with van der Waals surface area (Å²) < 4.78 is 5.64. The van der Waals surface area contributed by atoms with Crippen molar-refractivity contribution in [2.24, 2.45) is 0 Å². The summed E-state index contributed by atoms with van der Waals surface area (Å²) in [7, 11) is 1.75. The molecule has 1 heterocycles. The average molecular weight is 353 g/mol. The molecule has 0 aliphatic heterocycles. The van der Waals surface area contributed by atoms with E-state index in [0.717, 1.165) is 5.69 Å². The van der Waals surface area contributed by atoms with Crippen molar-refractivity contribution in [2.75, 3.05) is 13.6 Å². The van der Waals surface area contributed by atoms with E-state index in [1.54, 1.807) is 43.3 Å².